The molecule has 0 spiro atoms. The van der Waals surface area contributed by atoms with E-state index in [1.165, 1.54) is 0 Å². The molecule has 3 N–H and O–H groups in total. The third-order valence-electron chi connectivity index (χ3n) is 5.50. The van der Waals surface area contributed by atoms with Gasteiger partial charge in [0.2, 0.25) is 0 Å². The number of aliphatic imine (C=N–C) groups is 1. The summed E-state index contributed by atoms with van der Waals surface area (Å²) in [4.78, 5) is 14.8. The molecule has 158 valence electrons. The first-order valence-corrected chi connectivity index (χ1v) is 10.6. The Morgan fingerprint density at radius 2 is 2.07 bits per heavy atom. The molecule has 7 nitrogen and oxygen atoms in total. The molecule has 7 heteroatoms. The second-order valence-electron chi connectivity index (χ2n) is 7.55. The Kier molecular flexibility index (Phi) is 6.37. The maximum Gasteiger partial charge on any atom is 0.191 e. The molecule has 1 aromatic heterocycles. The largest absolute Gasteiger partial charge is 0.495 e. The molecular formula is C23H30N6O. The van der Waals surface area contributed by atoms with Crippen molar-refractivity contribution < 1.29 is 4.74 Å². The fourth-order valence-electron chi connectivity index (χ4n) is 3.96. The Balaban J connectivity index is 1.23. The molecule has 4 rings (SSSR count). The van der Waals surface area contributed by atoms with Gasteiger partial charge in [-0.25, -0.2) is 4.98 Å². The number of methoxy groups -OCH3 is 1. The molecule has 1 aliphatic rings. The SMILES string of the molecule is CN=C(NCCCc1nc2ccccc2[nH]1)NC1CCN(c2ccccc2OC)C1. The smallest absolute Gasteiger partial charge is 0.191 e. The number of nitrogens with zero attached hydrogens (tertiary/aromatic N) is 3. The summed E-state index contributed by atoms with van der Waals surface area (Å²) in [5, 5.41) is 6.99. The normalized spacial score (nSPS) is 16.8. The van der Waals surface area contributed by atoms with Crippen molar-refractivity contribution in [3.8, 4) is 5.75 Å². The minimum Gasteiger partial charge on any atom is -0.495 e. The van der Waals surface area contributed by atoms with Gasteiger partial charge in [-0.05, 0) is 37.1 Å². The van der Waals surface area contributed by atoms with Crippen LogP contribution in [0.2, 0.25) is 0 Å². The molecule has 1 unspecified atom stereocenters. The average Bonchev–Trinajstić information content (AvgIpc) is 3.42. The van der Waals surface area contributed by atoms with Gasteiger partial charge in [0.1, 0.15) is 11.6 Å². The number of hydrogen-bond donors (Lipinski definition) is 3. The number of fused-ring (bicyclic) bond motifs is 1. The number of aromatic nitrogens is 2. The highest BCUT2D eigenvalue weighted by molar-refractivity contribution is 5.80. The van der Waals surface area contributed by atoms with Crippen molar-refractivity contribution in [1.82, 2.24) is 20.6 Å². The molecule has 0 aliphatic carbocycles. The first-order valence-electron chi connectivity index (χ1n) is 10.6. The van der Waals surface area contributed by atoms with E-state index in [0.717, 1.165) is 73.2 Å². The van der Waals surface area contributed by atoms with Crippen LogP contribution in [0.4, 0.5) is 5.69 Å². The number of rotatable bonds is 7. The number of nitrogens with one attached hydrogen (secondary N) is 3. The number of benzene rings is 2. The third-order valence-corrected chi connectivity index (χ3v) is 5.50. The Morgan fingerprint density at radius 3 is 2.90 bits per heavy atom. The van der Waals surface area contributed by atoms with Gasteiger partial charge in [0.15, 0.2) is 5.96 Å². The molecule has 1 saturated heterocycles. The number of hydrogen-bond acceptors (Lipinski definition) is 4. The standard InChI is InChI=1S/C23H30N6O/c1-24-23(25-14-7-12-22-27-18-8-3-4-9-19(18)28-22)26-17-13-15-29(16-17)20-10-5-6-11-21(20)30-2/h3-6,8-11,17H,7,12-16H2,1-2H3,(H,27,28)(H2,24,25,26). The summed E-state index contributed by atoms with van der Waals surface area (Å²) in [7, 11) is 3.54. The number of aryl methyl sites for hydroxylation is 1. The van der Waals surface area contributed by atoms with Crippen molar-refractivity contribution in [1.29, 1.82) is 0 Å². The Hall–Kier alpha value is -3.22. The van der Waals surface area contributed by atoms with Crippen molar-refractivity contribution in [2.75, 3.05) is 38.7 Å². The van der Waals surface area contributed by atoms with Gasteiger partial charge >= 0.3 is 0 Å². The first-order chi connectivity index (χ1) is 14.8. The molecule has 2 aromatic carbocycles. The van der Waals surface area contributed by atoms with Crippen LogP contribution in [-0.2, 0) is 6.42 Å². The molecule has 1 atom stereocenters. The fourth-order valence-corrected chi connectivity index (χ4v) is 3.96. The van der Waals surface area contributed by atoms with E-state index in [-0.39, 0.29) is 0 Å². The van der Waals surface area contributed by atoms with Gasteiger partial charge in [-0.1, -0.05) is 24.3 Å². The van der Waals surface area contributed by atoms with Gasteiger partial charge in [0, 0.05) is 39.1 Å². The number of para-hydroxylation sites is 4. The van der Waals surface area contributed by atoms with Crippen LogP contribution in [0.3, 0.4) is 0 Å². The number of guanidine groups is 1. The maximum atomic E-state index is 5.51. The van der Waals surface area contributed by atoms with Crippen molar-refractivity contribution in [2.45, 2.75) is 25.3 Å². The number of imidazole rings is 1. The molecule has 1 aliphatic heterocycles. The van der Waals surface area contributed by atoms with Crippen molar-refractivity contribution in [3.05, 3.63) is 54.4 Å². The zero-order valence-corrected chi connectivity index (χ0v) is 17.7. The van der Waals surface area contributed by atoms with E-state index in [0.29, 0.717) is 6.04 Å². The van der Waals surface area contributed by atoms with Crippen LogP contribution in [-0.4, -0.2) is 55.8 Å². The Labute approximate surface area is 177 Å². The van der Waals surface area contributed by atoms with Gasteiger partial charge in [0.05, 0.1) is 23.8 Å². The van der Waals surface area contributed by atoms with E-state index in [1.807, 2.05) is 37.4 Å². The lowest BCUT2D eigenvalue weighted by Crippen LogP contribution is -2.45. The van der Waals surface area contributed by atoms with Crippen LogP contribution in [0.25, 0.3) is 11.0 Å². The second kappa shape index (κ2) is 9.52. The highest BCUT2D eigenvalue weighted by Crippen LogP contribution is 2.30. The maximum absolute atomic E-state index is 5.51. The van der Waals surface area contributed by atoms with Crippen molar-refractivity contribution in [3.63, 3.8) is 0 Å². The van der Waals surface area contributed by atoms with Crippen molar-refractivity contribution in [2.24, 2.45) is 4.99 Å². The van der Waals surface area contributed by atoms with E-state index in [1.54, 1.807) is 7.11 Å². The summed E-state index contributed by atoms with van der Waals surface area (Å²) in [6, 6.07) is 16.7. The van der Waals surface area contributed by atoms with Crippen LogP contribution >= 0.6 is 0 Å². The molecular weight excluding hydrogens is 376 g/mol. The van der Waals surface area contributed by atoms with Gasteiger partial charge < -0.3 is 25.3 Å². The van der Waals surface area contributed by atoms with Gasteiger partial charge in [-0.15, -0.1) is 0 Å². The number of H-pyrrole nitrogens is 1. The highest BCUT2D eigenvalue weighted by Gasteiger charge is 2.25. The van der Waals surface area contributed by atoms with E-state index < -0.39 is 0 Å². The third kappa shape index (κ3) is 4.67. The summed E-state index contributed by atoms with van der Waals surface area (Å²) in [5.41, 5.74) is 3.27. The molecule has 3 aromatic rings. The Bertz CT molecular complexity index is 965. The van der Waals surface area contributed by atoms with Crippen molar-refractivity contribution >= 4 is 22.7 Å². The van der Waals surface area contributed by atoms with E-state index >= 15 is 0 Å². The molecule has 1 fully saturated rings. The monoisotopic (exact) mass is 406 g/mol. The van der Waals surface area contributed by atoms with Crippen LogP contribution in [0.15, 0.2) is 53.5 Å². The Morgan fingerprint density at radius 1 is 1.23 bits per heavy atom. The molecule has 0 saturated carbocycles. The number of aromatic amines is 1. The summed E-state index contributed by atoms with van der Waals surface area (Å²) in [6.45, 7) is 2.78. The first kappa shape index (κ1) is 20.1. The second-order valence-corrected chi connectivity index (χ2v) is 7.55. The lowest BCUT2D eigenvalue weighted by molar-refractivity contribution is 0.415. The van der Waals surface area contributed by atoms with Crippen LogP contribution in [0, 0.1) is 0 Å². The lowest BCUT2D eigenvalue weighted by atomic mass is 10.2. The van der Waals surface area contributed by atoms with Crippen LogP contribution in [0.1, 0.15) is 18.7 Å². The fraction of sp³-hybridized carbons (Fsp3) is 0.391. The zero-order chi connectivity index (χ0) is 20.8. The molecule has 0 radical (unpaired) electrons. The number of anilines is 1. The number of ether oxygens (including phenoxy) is 1. The van der Waals surface area contributed by atoms with Gasteiger partial charge in [0.25, 0.3) is 0 Å². The average molecular weight is 407 g/mol. The van der Waals surface area contributed by atoms with Gasteiger partial charge in [-0.3, -0.25) is 4.99 Å². The van der Waals surface area contributed by atoms with Crippen LogP contribution < -0.4 is 20.3 Å². The minimum absolute atomic E-state index is 0.358. The molecule has 0 bridgehead atoms. The quantitative estimate of drug-likeness (QED) is 0.319. The molecule has 30 heavy (non-hydrogen) atoms. The minimum atomic E-state index is 0.358. The van der Waals surface area contributed by atoms with Gasteiger partial charge in [-0.2, -0.15) is 0 Å². The predicted octanol–water partition coefficient (Wildman–Crippen LogP) is 2.95. The molecule has 0 amide bonds. The zero-order valence-electron chi connectivity index (χ0n) is 17.7. The van der Waals surface area contributed by atoms with E-state index in [4.69, 9.17) is 4.74 Å². The lowest BCUT2D eigenvalue weighted by Gasteiger charge is -2.22. The summed E-state index contributed by atoms with van der Waals surface area (Å²) in [5.74, 6) is 2.81. The van der Waals surface area contributed by atoms with E-state index in [2.05, 4.69) is 48.7 Å². The molecule has 2 heterocycles. The summed E-state index contributed by atoms with van der Waals surface area (Å²) < 4.78 is 5.51. The van der Waals surface area contributed by atoms with Crippen LogP contribution in [0.5, 0.6) is 5.75 Å². The summed E-state index contributed by atoms with van der Waals surface area (Å²) in [6.07, 6.45) is 2.96. The van der Waals surface area contributed by atoms with E-state index in [9.17, 15) is 0 Å². The highest BCUT2D eigenvalue weighted by atomic mass is 16.5. The predicted molar refractivity (Wildman–Crippen MR) is 123 cm³/mol. The topological polar surface area (TPSA) is 77.6 Å². The summed E-state index contributed by atoms with van der Waals surface area (Å²) >= 11 is 0.